The van der Waals surface area contributed by atoms with E-state index in [2.05, 4.69) is 21.2 Å². The summed E-state index contributed by atoms with van der Waals surface area (Å²) in [7, 11) is 1.33. The first-order valence-electron chi connectivity index (χ1n) is 11.1. The number of nitrogens with one attached hydrogen (secondary N) is 1. The first-order valence-corrected chi connectivity index (χ1v) is 12.7. The fourth-order valence-electron chi connectivity index (χ4n) is 4.69. The molecule has 5 rings (SSSR count). The highest BCUT2D eigenvalue weighted by Crippen LogP contribution is 2.49. The van der Waals surface area contributed by atoms with Crippen molar-refractivity contribution in [2.24, 2.45) is 0 Å². The van der Waals surface area contributed by atoms with E-state index in [1.165, 1.54) is 7.11 Å². The second kappa shape index (κ2) is 9.77. The van der Waals surface area contributed by atoms with Crippen molar-refractivity contribution in [2.75, 3.05) is 7.11 Å². The molecule has 36 heavy (non-hydrogen) atoms. The summed E-state index contributed by atoms with van der Waals surface area (Å²) in [5.41, 5.74) is 5.04. The molecular weight excluding hydrogens is 565 g/mol. The molecule has 182 valence electrons. The lowest BCUT2D eigenvalue weighted by molar-refractivity contribution is -0.136. The third-order valence-corrected chi connectivity index (χ3v) is 7.55. The molecule has 1 aliphatic heterocycles. The number of ether oxygens (including phenoxy) is 2. The molecule has 0 saturated heterocycles. The van der Waals surface area contributed by atoms with Crippen molar-refractivity contribution < 1.29 is 19.1 Å². The normalized spacial score (nSPS) is 16.5. The van der Waals surface area contributed by atoms with Gasteiger partial charge in [0, 0.05) is 32.4 Å². The van der Waals surface area contributed by atoms with E-state index in [1.807, 2.05) is 49.4 Å². The molecule has 0 spiro atoms. The summed E-state index contributed by atoms with van der Waals surface area (Å²) in [5, 5.41) is 4.18. The number of allylic oxidation sites excluding steroid dienone is 2. The van der Waals surface area contributed by atoms with Gasteiger partial charge in [-0.15, -0.1) is 0 Å². The van der Waals surface area contributed by atoms with E-state index in [4.69, 9.17) is 32.7 Å². The Bertz CT molecular complexity index is 1490. The number of carbonyl (C=O) groups is 2. The van der Waals surface area contributed by atoms with Gasteiger partial charge >= 0.3 is 5.97 Å². The van der Waals surface area contributed by atoms with E-state index in [-0.39, 0.29) is 12.4 Å². The summed E-state index contributed by atoms with van der Waals surface area (Å²) in [6.07, 6.45) is 0. The van der Waals surface area contributed by atoms with Crippen LogP contribution in [0.15, 0.2) is 82.0 Å². The standard InChI is InChI=1S/C28H20BrCl2NO4/c1-14-23(28(34)35-2)24(25-26(32-14)17-5-3-4-6-18(17)27(25)33)19-12-16(29)8-10-22(19)36-13-15-7-9-20(30)21(31)11-15/h3-12,24,32H,13H2,1-2H3/t24-/m0/s1. The first kappa shape index (κ1) is 24.6. The minimum atomic E-state index is -0.699. The minimum Gasteiger partial charge on any atom is -0.489 e. The van der Waals surface area contributed by atoms with Crippen molar-refractivity contribution in [1.29, 1.82) is 0 Å². The molecule has 1 heterocycles. The Morgan fingerprint density at radius 3 is 2.50 bits per heavy atom. The second-order valence-corrected chi connectivity index (χ2v) is 10.2. The minimum absolute atomic E-state index is 0.137. The third kappa shape index (κ3) is 4.23. The molecule has 1 aliphatic carbocycles. The molecule has 0 fully saturated rings. The number of methoxy groups -OCH3 is 1. The van der Waals surface area contributed by atoms with Crippen LogP contribution < -0.4 is 10.1 Å². The van der Waals surface area contributed by atoms with Crippen LogP contribution in [0.3, 0.4) is 0 Å². The number of ketones is 1. The van der Waals surface area contributed by atoms with Gasteiger partial charge in [0.2, 0.25) is 0 Å². The highest BCUT2D eigenvalue weighted by molar-refractivity contribution is 9.10. The van der Waals surface area contributed by atoms with E-state index in [0.29, 0.717) is 49.5 Å². The summed E-state index contributed by atoms with van der Waals surface area (Å²) in [5.74, 6) is -0.825. The second-order valence-electron chi connectivity index (χ2n) is 8.47. The number of rotatable bonds is 5. The van der Waals surface area contributed by atoms with Crippen LogP contribution in [0.2, 0.25) is 10.0 Å². The van der Waals surface area contributed by atoms with Gasteiger partial charge < -0.3 is 14.8 Å². The summed E-state index contributed by atoms with van der Waals surface area (Å²) in [6.45, 7) is 2.02. The number of halogens is 3. The molecule has 0 radical (unpaired) electrons. The Hall–Kier alpha value is -3.06. The van der Waals surface area contributed by atoms with Crippen molar-refractivity contribution >= 4 is 56.6 Å². The van der Waals surface area contributed by atoms with Crippen molar-refractivity contribution in [3.05, 3.63) is 114 Å². The fourth-order valence-corrected chi connectivity index (χ4v) is 5.39. The van der Waals surface area contributed by atoms with Gasteiger partial charge in [-0.2, -0.15) is 0 Å². The van der Waals surface area contributed by atoms with Crippen LogP contribution >= 0.6 is 39.1 Å². The van der Waals surface area contributed by atoms with Crippen molar-refractivity contribution in [1.82, 2.24) is 5.32 Å². The molecule has 1 N–H and O–H groups in total. The van der Waals surface area contributed by atoms with Gasteiger partial charge in [0.15, 0.2) is 5.78 Å². The first-order chi connectivity index (χ1) is 17.3. The Balaban J connectivity index is 1.64. The molecule has 1 atom stereocenters. The Labute approximate surface area is 226 Å². The molecular formula is C28H20BrCl2NO4. The number of carbonyl (C=O) groups excluding carboxylic acids is 2. The summed E-state index contributed by atoms with van der Waals surface area (Å²) in [6, 6.07) is 18.2. The molecule has 0 amide bonds. The SMILES string of the molecule is COC(=O)C1=C(C)NC2=C(C(=O)c3ccccc32)[C@H]1c1cc(Br)ccc1OCc1ccc(Cl)c(Cl)c1. The van der Waals surface area contributed by atoms with E-state index in [0.717, 1.165) is 15.6 Å². The average molecular weight is 585 g/mol. The predicted octanol–water partition coefficient (Wildman–Crippen LogP) is 7.08. The Morgan fingerprint density at radius 2 is 1.78 bits per heavy atom. The molecule has 0 saturated carbocycles. The summed E-state index contributed by atoms with van der Waals surface area (Å²) < 4.78 is 12.2. The van der Waals surface area contributed by atoms with Crippen LogP contribution in [-0.4, -0.2) is 18.9 Å². The van der Waals surface area contributed by atoms with Crippen molar-refractivity contribution in [3.8, 4) is 5.75 Å². The van der Waals surface area contributed by atoms with Crippen LogP contribution in [-0.2, 0) is 16.1 Å². The van der Waals surface area contributed by atoms with Crippen LogP contribution in [0.25, 0.3) is 5.70 Å². The molecule has 0 bridgehead atoms. The maximum Gasteiger partial charge on any atom is 0.336 e. The van der Waals surface area contributed by atoms with Gasteiger partial charge in [-0.3, -0.25) is 4.79 Å². The highest BCUT2D eigenvalue weighted by atomic mass is 79.9. The fraction of sp³-hybridized carbons (Fsp3) is 0.143. The maximum atomic E-state index is 13.7. The predicted molar refractivity (Wildman–Crippen MR) is 143 cm³/mol. The van der Waals surface area contributed by atoms with E-state index >= 15 is 0 Å². The Kier molecular flexibility index (Phi) is 6.68. The van der Waals surface area contributed by atoms with Crippen molar-refractivity contribution in [2.45, 2.75) is 19.4 Å². The Morgan fingerprint density at radius 1 is 1.03 bits per heavy atom. The van der Waals surface area contributed by atoms with E-state index in [1.54, 1.807) is 18.2 Å². The monoisotopic (exact) mass is 583 g/mol. The zero-order valence-electron chi connectivity index (χ0n) is 19.3. The molecule has 0 unspecified atom stereocenters. The van der Waals surface area contributed by atoms with Gasteiger partial charge in [-0.05, 0) is 42.8 Å². The number of hydrogen-bond donors (Lipinski definition) is 1. The summed E-state index contributed by atoms with van der Waals surface area (Å²) >= 11 is 15.8. The third-order valence-electron chi connectivity index (χ3n) is 6.32. The van der Waals surface area contributed by atoms with E-state index in [9.17, 15) is 9.59 Å². The van der Waals surface area contributed by atoms with E-state index < -0.39 is 11.9 Å². The molecule has 5 nitrogen and oxygen atoms in total. The molecule has 8 heteroatoms. The van der Waals surface area contributed by atoms with Gasteiger partial charge in [0.1, 0.15) is 12.4 Å². The van der Waals surface area contributed by atoms with Gasteiger partial charge in [-0.1, -0.05) is 69.5 Å². The van der Waals surface area contributed by atoms with Crippen LogP contribution in [0.5, 0.6) is 5.75 Å². The quantitative estimate of drug-likeness (QED) is 0.325. The topological polar surface area (TPSA) is 64.6 Å². The number of fused-ring (bicyclic) bond motifs is 2. The zero-order chi connectivity index (χ0) is 25.6. The van der Waals surface area contributed by atoms with Gasteiger partial charge in [0.05, 0.1) is 34.3 Å². The van der Waals surface area contributed by atoms with Crippen LogP contribution in [0.1, 0.15) is 39.9 Å². The summed E-state index contributed by atoms with van der Waals surface area (Å²) in [4.78, 5) is 26.7. The highest BCUT2D eigenvalue weighted by Gasteiger charge is 2.43. The lowest BCUT2D eigenvalue weighted by atomic mass is 9.79. The maximum absolute atomic E-state index is 13.7. The lowest BCUT2D eigenvalue weighted by Crippen LogP contribution is -2.29. The number of benzene rings is 3. The average Bonchev–Trinajstić information content (AvgIpc) is 3.15. The molecule has 3 aromatic rings. The molecule has 3 aromatic carbocycles. The number of dihydropyridines is 1. The van der Waals surface area contributed by atoms with Crippen LogP contribution in [0, 0.1) is 0 Å². The number of Topliss-reactive ketones (excluding diaryl/α,β-unsaturated/α-hetero) is 1. The zero-order valence-corrected chi connectivity index (χ0v) is 22.4. The smallest absolute Gasteiger partial charge is 0.336 e. The molecule has 2 aliphatic rings. The van der Waals surface area contributed by atoms with Gasteiger partial charge in [0.25, 0.3) is 0 Å². The van der Waals surface area contributed by atoms with Crippen LogP contribution in [0.4, 0.5) is 0 Å². The largest absolute Gasteiger partial charge is 0.489 e. The molecule has 0 aromatic heterocycles. The number of hydrogen-bond acceptors (Lipinski definition) is 5. The van der Waals surface area contributed by atoms with Gasteiger partial charge in [-0.25, -0.2) is 4.79 Å². The number of esters is 1. The lowest BCUT2D eigenvalue weighted by Gasteiger charge is -2.30. The van der Waals surface area contributed by atoms with Crippen molar-refractivity contribution in [3.63, 3.8) is 0 Å².